The van der Waals surface area contributed by atoms with Gasteiger partial charge in [0.1, 0.15) is 17.2 Å². The average Bonchev–Trinajstić information content (AvgIpc) is 3.12. The fourth-order valence-corrected chi connectivity index (χ4v) is 3.83. The molecule has 0 saturated carbocycles. The summed E-state index contributed by atoms with van der Waals surface area (Å²) < 4.78 is 22.3. The van der Waals surface area contributed by atoms with Gasteiger partial charge in [0.15, 0.2) is 12.6 Å². The third-order valence-electron chi connectivity index (χ3n) is 5.13. The van der Waals surface area contributed by atoms with Crippen LogP contribution in [0.25, 0.3) is 6.08 Å². The third kappa shape index (κ3) is 3.62. The van der Waals surface area contributed by atoms with E-state index in [4.69, 9.17) is 30.5 Å². The first-order chi connectivity index (χ1) is 15.5. The number of carbonyl (C=O) groups is 2. The molecule has 3 heterocycles. The van der Waals surface area contributed by atoms with Gasteiger partial charge < -0.3 is 18.9 Å². The predicted octanol–water partition coefficient (Wildman–Crippen LogP) is 4.75. The molecular weight excluding hydrogens is 434 g/mol. The van der Waals surface area contributed by atoms with Crippen LogP contribution in [0.3, 0.4) is 0 Å². The van der Waals surface area contributed by atoms with E-state index < -0.39 is 5.97 Å². The molecule has 0 atom stereocenters. The number of hydrogen-bond donors (Lipinski definition) is 0. The highest BCUT2D eigenvalue weighted by molar-refractivity contribution is 6.31. The minimum absolute atomic E-state index is 0.116. The average molecular weight is 450 g/mol. The van der Waals surface area contributed by atoms with Crippen molar-refractivity contribution in [2.45, 2.75) is 13.5 Å². The van der Waals surface area contributed by atoms with Crippen LogP contribution >= 0.6 is 11.6 Å². The van der Waals surface area contributed by atoms with Crippen molar-refractivity contribution in [2.24, 2.45) is 0 Å². The van der Waals surface area contributed by atoms with Gasteiger partial charge in [-0.2, -0.15) is 0 Å². The summed E-state index contributed by atoms with van der Waals surface area (Å²) in [5.41, 5.74) is 2.65. The molecule has 1 aromatic heterocycles. The number of nitrogens with zero attached hydrogens (tertiary/aromatic N) is 1. The second-order valence-corrected chi connectivity index (χ2v) is 7.67. The summed E-state index contributed by atoms with van der Waals surface area (Å²) in [6, 6.07) is 9.88. The van der Waals surface area contributed by atoms with Crippen LogP contribution in [0.15, 0.2) is 54.6 Å². The van der Waals surface area contributed by atoms with E-state index in [1.54, 1.807) is 55.6 Å². The first-order valence-electron chi connectivity index (χ1n) is 9.74. The van der Waals surface area contributed by atoms with E-state index in [-0.39, 0.29) is 18.3 Å². The number of halogens is 1. The van der Waals surface area contributed by atoms with Crippen LogP contribution in [0.2, 0.25) is 5.02 Å². The van der Waals surface area contributed by atoms with Gasteiger partial charge in [0, 0.05) is 34.1 Å². The minimum Gasteiger partial charge on any atom is -0.467 e. The summed E-state index contributed by atoms with van der Waals surface area (Å²) in [5, 5.41) is 0.494. The molecule has 0 amide bonds. The number of aromatic nitrogens is 1. The van der Waals surface area contributed by atoms with E-state index >= 15 is 0 Å². The maximum atomic E-state index is 13.0. The largest absolute Gasteiger partial charge is 0.467 e. The Morgan fingerprint density at radius 2 is 2.09 bits per heavy atom. The van der Waals surface area contributed by atoms with E-state index in [0.29, 0.717) is 51.1 Å². The van der Waals surface area contributed by atoms with Gasteiger partial charge in [-0.3, -0.25) is 9.78 Å². The van der Waals surface area contributed by atoms with Crippen LogP contribution in [0, 0.1) is 6.92 Å². The van der Waals surface area contributed by atoms with E-state index in [1.807, 2.05) is 0 Å². The molecule has 0 unspecified atom stereocenters. The summed E-state index contributed by atoms with van der Waals surface area (Å²) in [6.45, 7) is 2.21. The van der Waals surface area contributed by atoms with Crippen molar-refractivity contribution in [3.8, 4) is 17.2 Å². The quantitative estimate of drug-likeness (QED) is 0.324. The van der Waals surface area contributed by atoms with Crippen molar-refractivity contribution < 1.29 is 28.5 Å². The Bertz CT molecular complexity index is 1290. The third-order valence-corrected chi connectivity index (χ3v) is 5.34. The number of rotatable bonds is 3. The van der Waals surface area contributed by atoms with Gasteiger partial charge in [-0.05, 0) is 49.4 Å². The molecule has 3 aromatic rings. The number of pyridine rings is 1. The second kappa shape index (κ2) is 8.11. The van der Waals surface area contributed by atoms with Crippen molar-refractivity contribution in [3.05, 3.63) is 87.4 Å². The summed E-state index contributed by atoms with van der Waals surface area (Å²) in [4.78, 5) is 29.3. The van der Waals surface area contributed by atoms with Gasteiger partial charge in [-0.15, -0.1) is 0 Å². The summed E-state index contributed by atoms with van der Waals surface area (Å²) >= 11 is 6.22. The Balaban J connectivity index is 1.46. The maximum absolute atomic E-state index is 13.0. The van der Waals surface area contributed by atoms with Gasteiger partial charge in [0.05, 0.1) is 17.7 Å². The molecule has 2 aliphatic rings. The van der Waals surface area contributed by atoms with Gasteiger partial charge in [0.2, 0.25) is 5.78 Å². The topological polar surface area (TPSA) is 84.0 Å². The number of allylic oxidation sites excluding steroid dienone is 1. The van der Waals surface area contributed by atoms with E-state index in [9.17, 15) is 9.59 Å². The van der Waals surface area contributed by atoms with Gasteiger partial charge in [-0.1, -0.05) is 11.6 Å². The first kappa shape index (κ1) is 20.2. The molecule has 160 valence electrons. The second-order valence-electron chi connectivity index (χ2n) is 7.23. The highest BCUT2D eigenvalue weighted by atomic mass is 35.5. The fraction of sp³-hybridized carbons (Fsp3) is 0.125. The molecule has 0 fully saturated rings. The molecule has 0 radical (unpaired) electrons. The van der Waals surface area contributed by atoms with Crippen molar-refractivity contribution in [2.75, 3.05) is 6.79 Å². The highest BCUT2D eigenvalue weighted by Crippen LogP contribution is 2.41. The van der Waals surface area contributed by atoms with Gasteiger partial charge >= 0.3 is 5.97 Å². The molecule has 0 saturated heterocycles. The normalized spacial score (nSPS) is 15.6. The number of fused-ring (bicyclic) bond motifs is 2. The van der Waals surface area contributed by atoms with E-state index in [2.05, 4.69) is 4.98 Å². The molecular formula is C24H16ClNO6. The van der Waals surface area contributed by atoms with Crippen molar-refractivity contribution in [1.82, 2.24) is 4.98 Å². The summed E-state index contributed by atoms with van der Waals surface area (Å²) in [7, 11) is 0. The van der Waals surface area contributed by atoms with Crippen LogP contribution in [0.5, 0.6) is 17.2 Å². The van der Waals surface area contributed by atoms with Crippen molar-refractivity contribution in [3.63, 3.8) is 0 Å². The molecule has 7 nitrogen and oxygen atoms in total. The highest BCUT2D eigenvalue weighted by Gasteiger charge is 2.31. The van der Waals surface area contributed by atoms with Crippen LogP contribution in [-0.4, -0.2) is 23.5 Å². The molecule has 0 spiro atoms. The number of esters is 1. The maximum Gasteiger partial charge on any atom is 0.345 e. The summed E-state index contributed by atoms with van der Waals surface area (Å²) in [5.74, 6) is 0.534. The zero-order chi connectivity index (χ0) is 22.2. The SMILES string of the molecule is Cc1c(OC(=O)c2cccnc2)ccc2c1O/C(=C\c1cc(Cl)cc3c1OCOC3)C2=O. The Kier molecular flexibility index (Phi) is 5.13. The number of ketones is 1. The van der Waals surface area contributed by atoms with Crippen molar-refractivity contribution >= 4 is 29.4 Å². The standard InChI is InChI=1S/C24H16ClNO6/c1-13-19(32-24(28)14-3-2-6-26-10-14)5-4-18-21(27)20(31-22(13)18)9-15-7-17(25)8-16-11-29-12-30-23(15)16/h2-10H,11-12H2,1H3/b20-9-. The number of Topliss-reactive ketones (excluding diaryl/α,β-unsaturated/α-hetero) is 1. The molecule has 0 aliphatic carbocycles. The fourth-order valence-electron chi connectivity index (χ4n) is 3.58. The smallest absolute Gasteiger partial charge is 0.345 e. The molecule has 5 rings (SSSR count). The zero-order valence-electron chi connectivity index (χ0n) is 16.9. The Hall–Kier alpha value is -3.68. The van der Waals surface area contributed by atoms with Gasteiger partial charge in [0.25, 0.3) is 0 Å². The number of hydrogen-bond acceptors (Lipinski definition) is 7. The van der Waals surface area contributed by atoms with Crippen LogP contribution in [0.1, 0.15) is 37.4 Å². The minimum atomic E-state index is -0.550. The molecule has 2 aromatic carbocycles. The first-order valence-corrected chi connectivity index (χ1v) is 10.1. The number of ether oxygens (including phenoxy) is 4. The van der Waals surface area contributed by atoms with Crippen molar-refractivity contribution in [1.29, 1.82) is 0 Å². The van der Waals surface area contributed by atoms with Crippen LogP contribution in [-0.2, 0) is 11.3 Å². The van der Waals surface area contributed by atoms with E-state index in [1.165, 1.54) is 6.20 Å². The lowest BCUT2D eigenvalue weighted by molar-refractivity contribution is -0.0165. The molecule has 8 heteroatoms. The Morgan fingerprint density at radius 3 is 2.91 bits per heavy atom. The molecule has 0 bridgehead atoms. The molecule has 0 N–H and O–H groups in total. The Labute approximate surface area is 188 Å². The summed E-state index contributed by atoms with van der Waals surface area (Å²) in [6.07, 6.45) is 4.59. The monoisotopic (exact) mass is 449 g/mol. The number of benzene rings is 2. The lowest BCUT2D eigenvalue weighted by Crippen LogP contribution is -2.12. The lowest BCUT2D eigenvalue weighted by atomic mass is 10.0. The Morgan fingerprint density at radius 1 is 1.22 bits per heavy atom. The van der Waals surface area contributed by atoms with Gasteiger partial charge in [-0.25, -0.2) is 4.79 Å². The molecule has 32 heavy (non-hydrogen) atoms. The lowest BCUT2D eigenvalue weighted by Gasteiger charge is -2.20. The van der Waals surface area contributed by atoms with Crippen LogP contribution < -0.4 is 14.2 Å². The number of carbonyl (C=O) groups excluding carboxylic acids is 2. The van der Waals surface area contributed by atoms with Crippen LogP contribution in [0.4, 0.5) is 0 Å². The zero-order valence-corrected chi connectivity index (χ0v) is 17.6. The predicted molar refractivity (Wildman–Crippen MR) is 115 cm³/mol. The molecule has 2 aliphatic heterocycles. The van der Waals surface area contributed by atoms with E-state index in [0.717, 1.165) is 5.56 Å².